The summed E-state index contributed by atoms with van der Waals surface area (Å²) in [6.45, 7) is 6.51. The number of hydrogen-bond donors (Lipinski definition) is 0. The fourth-order valence-electron chi connectivity index (χ4n) is 3.54. The van der Waals surface area contributed by atoms with Crippen LogP contribution in [0.5, 0.6) is 0 Å². The normalized spacial score (nSPS) is 11.0. The van der Waals surface area contributed by atoms with E-state index >= 15 is 0 Å². The molecule has 0 saturated heterocycles. The molecule has 122 valence electrons. The van der Waals surface area contributed by atoms with Gasteiger partial charge in [-0.1, -0.05) is 18.2 Å². The van der Waals surface area contributed by atoms with Crippen molar-refractivity contribution in [2.45, 2.75) is 20.8 Å². The summed E-state index contributed by atoms with van der Waals surface area (Å²) in [7, 11) is 0. The molecule has 0 bridgehead atoms. The van der Waals surface area contributed by atoms with E-state index in [2.05, 4.69) is 109 Å². The van der Waals surface area contributed by atoms with Crippen LogP contribution in [0.15, 0.2) is 79.0 Å². The molecule has 0 aliphatic rings. The summed E-state index contributed by atoms with van der Waals surface area (Å²) in [5.74, 6) is 0. The average Bonchev–Trinajstić information content (AvgIpc) is 2.63. The number of aromatic nitrogens is 2. The van der Waals surface area contributed by atoms with Crippen molar-refractivity contribution in [3.05, 3.63) is 95.9 Å². The minimum Gasteiger partial charge on any atom is -0.164 e. The van der Waals surface area contributed by atoms with Crippen molar-refractivity contribution in [1.29, 1.82) is 0 Å². The molecule has 0 saturated carbocycles. The summed E-state index contributed by atoms with van der Waals surface area (Å²) in [4.78, 5) is 0. The standard InChI is InChI=1S/C23H22N2/c1-17-9-6-7-16-24(17)21-12-8-13-22(19(21)3)25-18(2)14-15-20-10-4-5-11-23(20)25/h4-16H,1-3H3/q+2. The number of para-hydroxylation sites is 1. The molecule has 25 heavy (non-hydrogen) atoms. The molecule has 2 aromatic carbocycles. The van der Waals surface area contributed by atoms with Crippen molar-refractivity contribution in [2.75, 3.05) is 0 Å². The Bertz CT molecular complexity index is 1080. The van der Waals surface area contributed by atoms with Crippen molar-refractivity contribution >= 4 is 10.9 Å². The summed E-state index contributed by atoms with van der Waals surface area (Å²) in [6.07, 6.45) is 2.13. The smallest absolute Gasteiger partial charge is 0.164 e. The Morgan fingerprint density at radius 1 is 0.600 bits per heavy atom. The predicted molar refractivity (Wildman–Crippen MR) is 101 cm³/mol. The third-order valence-electron chi connectivity index (χ3n) is 4.88. The van der Waals surface area contributed by atoms with Gasteiger partial charge in [-0.05, 0) is 25.1 Å². The highest BCUT2D eigenvalue weighted by molar-refractivity contribution is 5.76. The lowest BCUT2D eigenvalue weighted by atomic mass is 10.1. The van der Waals surface area contributed by atoms with Crippen molar-refractivity contribution in [3.8, 4) is 11.4 Å². The van der Waals surface area contributed by atoms with Gasteiger partial charge < -0.3 is 0 Å². The summed E-state index contributed by atoms with van der Waals surface area (Å²) in [5.41, 5.74) is 7.40. The highest BCUT2D eigenvalue weighted by atomic mass is 15.0. The second kappa shape index (κ2) is 6.14. The molecule has 4 aromatic rings. The van der Waals surface area contributed by atoms with E-state index in [1.807, 2.05) is 0 Å². The largest absolute Gasteiger partial charge is 0.221 e. The van der Waals surface area contributed by atoms with Crippen molar-refractivity contribution in [3.63, 3.8) is 0 Å². The van der Waals surface area contributed by atoms with Gasteiger partial charge in [0.15, 0.2) is 17.6 Å². The van der Waals surface area contributed by atoms with Gasteiger partial charge in [0, 0.05) is 55.6 Å². The Balaban J connectivity index is 2.02. The Labute approximate surface area is 148 Å². The number of rotatable bonds is 2. The Hall–Kier alpha value is -3.00. The van der Waals surface area contributed by atoms with Crippen LogP contribution in [0.3, 0.4) is 0 Å². The van der Waals surface area contributed by atoms with Gasteiger partial charge in [0.25, 0.3) is 0 Å². The van der Waals surface area contributed by atoms with Gasteiger partial charge in [-0.25, -0.2) is 0 Å². The van der Waals surface area contributed by atoms with E-state index in [0.717, 1.165) is 0 Å². The summed E-state index contributed by atoms with van der Waals surface area (Å²) in [6, 6.07) is 25.8. The number of nitrogens with zero attached hydrogens (tertiary/aromatic N) is 2. The second-order valence-electron chi connectivity index (χ2n) is 6.50. The molecule has 2 heterocycles. The van der Waals surface area contributed by atoms with Gasteiger partial charge in [-0.3, -0.25) is 0 Å². The van der Waals surface area contributed by atoms with E-state index in [-0.39, 0.29) is 0 Å². The first-order valence-corrected chi connectivity index (χ1v) is 8.65. The number of benzene rings is 2. The van der Waals surface area contributed by atoms with Crippen LogP contribution >= 0.6 is 0 Å². The third-order valence-corrected chi connectivity index (χ3v) is 4.88. The SMILES string of the molecule is Cc1c(-[n+]2ccccc2C)cccc1-[n+]1c(C)ccc2ccccc21. The van der Waals surface area contributed by atoms with Crippen molar-refractivity contribution < 1.29 is 9.13 Å². The van der Waals surface area contributed by atoms with E-state index < -0.39 is 0 Å². The number of aryl methyl sites for hydroxylation is 2. The average molecular weight is 326 g/mol. The summed E-state index contributed by atoms with van der Waals surface area (Å²) >= 11 is 0. The molecule has 0 aliphatic heterocycles. The fourth-order valence-corrected chi connectivity index (χ4v) is 3.54. The van der Waals surface area contributed by atoms with Crippen LogP contribution in [0.25, 0.3) is 22.3 Å². The molecular formula is C23H22N2+2. The minimum atomic E-state index is 1.22. The highest BCUT2D eigenvalue weighted by Crippen LogP contribution is 2.19. The van der Waals surface area contributed by atoms with Crippen LogP contribution in [-0.4, -0.2) is 0 Å². The molecule has 4 rings (SSSR count). The number of pyridine rings is 2. The molecule has 0 N–H and O–H groups in total. The summed E-state index contributed by atoms with van der Waals surface area (Å²) in [5, 5.41) is 1.25. The van der Waals surface area contributed by atoms with E-state index in [1.54, 1.807) is 0 Å². The first-order chi connectivity index (χ1) is 12.2. The quantitative estimate of drug-likeness (QED) is 0.485. The molecular weight excluding hydrogens is 304 g/mol. The molecule has 2 aromatic heterocycles. The van der Waals surface area contributed by atoms with Crippen LogP contribution in [0.4, 0.5) is 0 Å². The lowest BCUT2D eigenvalue weighted by molar-refractivity contribution is -0.605. The van der Waals surface area contributed by atoms with Gasteiger partial charge >= 0.3 is 0 Å². The first-order valence-electron chi connectivity index (χ1n) is 8.65. The van der Waals surface area contributed by atoms with E-state index in [0.29, 0.717) is 0 Å². The Kier molecular flexibility index (Phi) is 3.81. The zero-order valence-corrected chi connectivity index (χ0v) is 14.9. The topological polar surface area (TPSA) is 7.76 Å². The Morgan fingerprint density at radius 2 is 1.36 bits per heavy atom. The van der Waals surface area contributed by atoms with E-state index in [9.17, 15) is 0 Å². The predicted octanol–water partition coefficient (Wildman–Crippen LogP) is 4.32. The maximum absolute atomic E-state index is 2.35. The maximum atomic E-state index is 2.35. The van der Waals surface area contributed by atoms with Crippen molar-refractivity contribution in [2.24, 2.45) is 0 Å². The molecule has 0 unspecified atom stereocenters. The van der Waals surface area contributed by atoms with Crippen LogP contribution in [0.2, 0.25) is 0 Å². The zero-order valence-electron chi connectivity index (χ0n) is 14.9. The monoisotopic (exact) mass is 326 g/mol. The van der Waals surface area contributed by atoms with Gasteiger partial charge in [0.2, 0.25) is 16.9 Å². The van der Waals surface area contributed by atoms with Crippen LogP contribution in [0, 0.1) is 20.8 Å². The highest BCUT2D eigenvalue weighted by Gasteiger charge is 2.23. The maximum Gasteiger partial charge on any atom is 0.221 e. The van der Waals surface area contributed by atoms with Gasteiger partial charge in [-0.2, -0.15) is 9.13 Å². The molecule has 2 nitrogen and oxygen atoms in total. The third kappa shape index (κ3) is 2.60. The lowest BCUT2D eigenvalue weighted by Crippen LogP contribution is -2.39. The first kappa shape index (κ1) is 15.5. The molecule has 0 amide bonds. The van der Waals surface area contributed by atoms with Crippen LogP contribution < -0.4 is 9.13 Å². The molecule has 0 radical (unpaired) electrons. The number of hydrogen-bond acceptors (Lipinski definition) is 0. The zero-order chi connectivity index (χ0) is 17.4. The van der Waals surface area contributed by atoms with Crippen molar-refractivity contribution in [1.82, 2.24) is 0 Å². The van der Waals surface area contributed by atoms with Gasteiger partial charge in [-0.15, -0.1) is 0 Å². The summed E-state index contributed by atoms with van der Waals surface area (Å²) < 4.78 is 4.60. The molecule has 0 atom stereocenters. The van der Waals surface area contributed by atoms with Gasteiger partial charge in [0.05, 0.1) is 5.56 Å². The molecule has 0 spiro atoms. The van der Waals surface area contributed by atoms with E-state index in [4.69, 9.17) is 0 Å². The number of fused-ring (bicyclic) bond motifs is 1. The Morgan fingerprint density at radius 3 is 2.20 bits per heavy atom. The molecule has 0 fully saturated rings. The molecule has 0 aliphatic carbocycles. The minimum absolute atomic E-state index is 1.22. The van der Waals surface area contributed by atoms with Crippen LogP contribution in [0.1, 0.15) is 17.0 Å². The van der Waals surface area contributed by atoms with Gasteiger partial charge in [0.1, 0.15) is 0 Å². The molecule has 2 heteroatoms. The lowest BCUT2D eigenvalue weighted by Gasteiger charge is -2.08. The van der Waals surface area contributed by atoms with E-state index in [1.165, 1.54) is 39.2 Å². The second-order valence-corrected chi connectivity index (χ2v) is 6.50. The fraction of sp³-hybridized carbons (Fsp3) is 0.130. The van der Waals surface area contributed by atoms with Crippen LogP contribution in [-0.2, 0) is 0 Å².